The van der Waals surface area contributed by atoms with Crippen LogP contribution >= 0.6 is 0 Å². The topological polar surface area (TPSA) is 33.5 Å². The van der Waals surface area contributed by atoms with Gasteiger partial charge in [-0.15, -0.1) is 0 Å². The van der Waals surface area contributed by atoms with Gasteiger partial charge in [-0.05, 0) is 26.1 Å². The molecular weight excluding hydrogens is 190 g/mol. The Hall–Kier alpha value is -1.09. The summed E-state index contributed by atoms with van der Waals surface area (Å²) in [4.78, 5) is 12.9. The van der Waals surface area contributed by atoms with Crippen molar-refractivity contribution in [2.45, 2.75) is 27.3 Å². The number of furan rings is 1. The molecule has 0 fully saturated rings. The van der Waals surface area contributed by atoms with Gasteiger partial charge in [-0.3, -0.25) is 4.90 Å². The predicted octanol–water partition coefficient (Wildman–Crippen LogP) is 2.24. The summed E-state index contributed by atoms with van der Waals surface area (Å²) in [5, 5.41) is 0. The van der Waals surface area contributed by atoms with Crippen LogP contribution in [0, 0.1) is 12.3 Å². The van der Waals surface area contributed by atoms with Crippen LogP contribution in [0.3, 0.4) is 0 Å². The zero-order valence-corrected chi connectivity index (χ0v) is 9.91. The highest BCUT2D eigenvalue weighted by Gasteiger charge is 2.19. The number of aryl methyl sites for hydroxylation is 1. The van der Waals surface area contributed by atoms with Gasteiger partial charge in [-0.2, -0.15) is 0 Å². The molecule has 3 heteroatoms. The van der Waals surface area contributed by atoms with Crippen LogP contribution in [0.15, 0.2) is 16.5 Å². The maximum atomic E-state index is 10.8. The van der Waals surface area contributed by atoms with Crippen LogP contribution in [-0.4, -0.2) is 24.8 Å². The zero-order valence-electron chi connectivity index (χ0n) is 9.91. The van der Waals surface area contributed by atoms with Crippen molar-refractivity contribution in [3.8, 4) is 0 Å². The lowest BCUT2D eigenvalue weighted by Gasteiger charge is -2.24. The molecule has 0 unspecified atom stereocenters. The largest absolute Gasteiger partial charge is 0.465 e. The van der Waals surface area contributed by atoms with Crippen molar-refractivity contribution in [2.24, 2.45) is 5.41 Å². The summed E-state index contributed by atoms with van der Waals surface area (Å²) in [6.07, 6.45) is 0.997. The van der Waals surface area contributed by atoms with Crippen molar-refractivity contribution in [3.05, 3.63) is 23.7 Å². The van der Waals surface area contributed by atoms with E-state index in [0.717, 1.165) is 30.9 Å². The van der Waals surface area contributed by atoms with E-state index in [1.165, 1.54) is 0 Å². The fraction of sp³-hybridized carbons (Fsp3) is 0.583. The van der Waals surface area contributed by atoms with E-state index in [1.54, 1.807) is 0 Å². The molecule has 0 aliphatic rings. The molecule has 1 heterocycles. The maximum Gasteiger partial charge on any atom is 0.126 e. The molecule has 0 saturated carbocycles. The monoisotopic (exact) mass is 209 g/mol. The second kappa shape index (κ2) is 4.62. The smallest absolute Gasteiger partial charge is 0.126 e. The number of carbonyl (C=O) groups is 1. The Kier molecular flexibility index (Phi) is 3.69. The van der Waals surface area contributed by atoms with Gasteiger partial charge in [0.05, 0.1) is 6.54 Å². The minimum atomic E-state index is -0.295. The van der Waals surface area contributed by atoms with Crippen LogP contribution in [0.2, 0.25) is 0 Å². The van der Waals surface area contributed by atoms with Crippen LogP contribution < -0.4 is 0 Å². The molecule has 0 aliphatic carbocycles. The Labute approximate surface area is 91.1 Å². The second-order valence-corrected chi connectivity index (χ2v) is 4.79. The fourth-order valence-corrected chi connectivity index (χ4v) is 1.62. The highest BCUT2D eigenvalue weighted by molar-refractivity contribution is 5.58. The molecule has 1 aromatic heterocycles. The van der Waals surface area contributed by atoms with E-state index in [4.69, 9.17) is 4.42 Å². The van der Waals surface area contributed by atoms with Gasteiger partial charge in [0.1, 0.15) is 17.8 Å². The van der Waals surface area contributed by atoms with Gasteiger partial charge in [0.25, 0.3) is 0 Å². The van der Waals surface area contributed by atoms with Gasteiger partial charge in [-0.25, -0.2) is 0 Å². The van der Waals surface area contributed by atoms with Crippen LogP contribution in [0.1, 0.15) is 25.4 Å². The third-order valence-electron chi connectivity index (χ3n) is 2.22. The first kappa shape index (κ1) is 12.0. The van der Waals surface area contributed by atoms with Gasteiger partial charge in [0, 0.05) is 12.0 Å². The molecule has 0 aromatic carbocycles. The number of hydrogen-bond acceptors (Lipinski definition) is 3. The minimum absolute atomic E-state index is 0.295. The molecule has 0 aliphatic heterocycles. The lowest BCUT2D eigenvalue weighted by Crippen LogP contribution is -2.31. The molecule has 15 heavy (non-hydrogen) atoms. The van der Waals surface area contributed by atoms with E-state index in [2.05, 4.69) is 4.90 Å². The van der Waals surface area contributed by atoms with Crippen LogP contribution in [0.5, 0.6) is 0 Å². The molecule has 1 aromatic rings. The number of nitrogens with zero attached hydrogens (tertiary/aromatic N) is 1. The summed E-state index contributed by atoms with van der Waals surface area (Å²) >= 11 is 0. The highest BCUT2D eigenvalue weighted by atomic mass is 16.3. The molecule has 0 spiro atoms. The summed E-state index contributed by atoms with van der Waals surface area (Å²) in [5.41, 5.74) is -0.295. The normalized spacial score (nSPS) is 12.1. The molecule has 0 saturated heterocycles. The summed E-state index contributed by atoms with van der Waals surface area (Å²) in [5.74, 6) is 1.87. The van der Waals surface area contributed by atoms with Crippen LogP contribution in [-0.2, 0) is 11.3 Å². The maximum absolute atomic E-state index is 10.8. The van der Waals surface area contributed by atoms with Gasteiger partial charge in [-0.1, -0.05) is 13.8 Å². The van der Waals surface area contributed by atoms with E-state index in [0.29, 0.717) is 0 Å². The fourth-order valence-electron chi connectivity index (χ4n) is 1.62. The summed E-state index contributed by atoms with van der Waals surface area (Å²) in [6.45, 7) is 7.27. The van der Waals surface area contributed by atoms with Gasteiger partial charge in [0.2, 0.25) is 0 Å². The molecule has 0 radical (unpaired) electrons. The van der Waals surface area contributed by atoms with E-state index >= 15 is 0 Å². The Balaban J connectivity index is 2.49. The van der Waals surface area contributed by atoms with Gasteiger partial charge >= 0.3 is 0 Å². The lowest BCUT2D eigenvalue weighted by atomic mass is 9.95. The van der Waals surface area contributed by atoms with Gasteiger partial charge < -0.3 is 9.21 Å². The first-order chi connectivity index (χ1) is 6.93. The number of hydrogen-bond donors (Lipinski definition) is 0. The molecule has 0 N–H and O–H groups in total. The zero-order chi connectivity index (χ0) is 11.5. The van der Waals surface area contributed by atoms with Crippen molar-refractivity contribution < 1.29 is 9.21 Å². The van der Waals surface area contributed by atoms with Crippen LogP contribution in [0.4, 0.5) is 0 Å². The molecule has 84 valence electrons. The van der Waals surface area contributed by atoms with E-state index in [1.807, 2.05) is 40.0 Å². The molecule has 0 atom stereocenters. The summed E-state index contributed by atoms with van der Waals surface area (Å²) in [6, 6.07) is 3.92. The summed E-state index contributed by atoms with van der Waals surface area (Å²) in [7, 11) is 1.99. The Morgan fingerprint density at radius 3 is 2.60 bits per heavy atom. The Bertz CT molecular complexity index is 328. The second-order valence-electron chi connectivity index (χ2n) is 4.79. The molecule has 1 rings (SSSR count). The van der Waals surface area contributed by atoms with Crippen molar-refractivity contribution in [2.75, 3.05) is 13.6 Å². The first-order valence-corrected chi connectivity index (χ1v) is 5.13. The Morgan fingerprint density at radius 2 is 2.13 bits per heavy atom. The molecule has 0 amide bonds. The average molecular weight is 209 g/mol. The van der Waals surface area contributed by atoms with Crippen molar-refractivity contribution >= 4 is 6.29 Å². The van der Waals surface area contributed by atoms with Gasteiger partial charge in [0.15, 0.2) is 0 Å². The Morgan fingerprint density at radius 1 is 1.47 bits per heavy atom. The highest BCUT2D eigenvalue weighted by Crippen LogP contribution is 2.15. The molecule has 3 nitrogen and oxygen atoms in total. The minimum Gasteiger partial charge on any atom is -0.465 e. The third kappa shape index (κ3) is 3.88. The quantitative estimate of drug-likeness (QED) is 0.697. The van der Waals surface area contributed by atoms with E-state index in [9.17, 15) is 4.79 Å². The molecular formula is C12H19NO2. The number of carbonyl (C=O) groups excluding carboxylic acids is 1. The van der Waals surface area contributed by atoms with Crippen molar-refractivity contribution in [3.63, 3.8) is 0 Å². The van der Waals surface area contributed by atoms with E-state index in [-0.39, 0.29) is 5.41 Å². The molecule has 0 bridgehead atoms. The average Bonchev–Trinajstić information content (AvgIpc) is 2.50. The SMILES string of the molecule is Cc1ccc(CN(C)CC(C)(C)C=O)o1. The van der Waals surface area contributed by atoms with Crippen molar-refractivity contribution in [1.29, 1.82) is 0 Å². The van der Waals surface area contributed by atoms with Crippen LogP contribution in [0.25, 0.3) is 0 Å². The summed E-state index contributed by atoms with van der Waals surface area (Å²) < 4.78 is 5.47. The standard InChI is InChI=1S/C12H19NO2/c1-10-5-6-11(15-10)7-13(4)8-12(2,3)9-14/h5-6,9H,7-8H2,1-4H3. The van der Waals surface area contributed by atoms with Crippen molar-refractivity contribution in [1.82, 2.24) is 4.90 Å². The number of rotatable bonds is 5. The first-order valence-electron chi connectivity index (χ1n) is 5.13. The third-order valence-corrected chi connectivity index (χ3v) is 2.22. The number of aldehydes is 1. The van der Waals surface area contributed by atoms with E-state index < -0.39 is 0 Å². The predicted molar refractivity (Wildman–Crippen MR) is 59.6 cm³/mol. The lowest BCUT2D eigenvalue weighted by molar-refractivity contribution is -0.115.